The van der Waals surface area contributed by atoms with Crippen molar-refractivity contribution < 1.29 is 4.74 Å². The summed E-state index contributed by atoms with van der Waals surface area (Å²) in [7, 11) is 4.10. The summed E-state index contributed by atoms with van der Waals surface area (Å²) >= 11 is 6.05. The number of benzene rings is 2. The van der Waals surface area contributed by atoms with Crippen LogP contribution in [0.15, 0.2) is 36.4 Å². The van der Waals surface area contributed by atoms with Crippen LogP contribution in [0, 0.1) is 11.3 Å². The molecule has 0 N–H and O–H groups in total. The Morgan fingerprint density at radius 3 is 2.61 bits per heavy atom. The van der Waals surface area contributed by atoms with E-state index in [9.17, 15) is 5.26 Å². The molecule has 0 saturated heterocycles. The van der Waals surface area contributed by atoms with Gasteiger partial charge in [0.15, 0.2) is 0 Å². The molecule has 0 aliphatic rings. The molecule has 2 aromatic rings. The number of halogens is 1. The van der Waals surface area contributed by atoms with Crippen molar-refractivity contribution in [1.82, 2.24) is 4.90 Å². The molecule has 2 rings (SSSR count). The van der Waals surface area contributed by atoms with Crippen LogP contribution in [0.2, 0.25) is 5.02 Å². The van der Waals surface area contributed by atoms with Crippen LogP contribution in [0.5, 0.6) is 11.5 Å². The second-order valence-electron chi connectivity index (χ2n) is 5.74. The second kappa shape index (κ2) is 8.01. The van der Waals surface area contributed by atoms with Crippen molar-refractivity contribution >= 4 is 11.6 Å². The van der Waals surface area contributed by atoms with Crippen LogP contribution in [0.1, 0.15) is 30.0 Å². The fourth-order valence-electron chi connectivity index (χ4n) is 2.52. The van der Waals surface area contributed by atoms with Crippen LogP contribution in [0.4, 0.5) is 0 Å². The average Bonchev–Trinajstić information content (AvgIpc) is 2.50. The van der Waals surface area contributed by atoms with Crippen molar-refractivity contribution in [2.75, 3.05) is 14.1 Å². The standard InChI is InChI=1S/C19H21ClN2O/c1-4-6-17-15(13-22(2)3)7-5-8-18(17)23-19-11-16(20)10-9-14(19)12-21/h5,7-11H,4,6,13H2,1-3H3. The second-order valence-corrected chi connectivity index (χ2v) is 6.17. The van der Waals surface area contributed by atoms with E-state index in [1.54, 1.807) is 18.2 Å². The van der Waals surface area contributed by atoms with Gasteiger partial charge in [0.25, 0.3) is 0 Å². The van der Waals surface area contributed by atoms with Crippen molar-refractivity contribution in [3.8, 4) is 17.6 Å². The van der Waals surface area contributed by atoms with E-state index in [1.165, 1.54) is 11.1 Å². The third kappa shape index (κ3) is 4.48. The molecule has 120 valence electrons. The summed E-state index contributed by atoms with van der Waals surface area (Å²) in [5.74, 6) is 1.30. The number of ether oxygens (including phenoxy) is 1. The van der Waals surface area contributed by atoms with E-state index in [1.807, 2.05) is 26.2 Å². The van der Waals surface area contributed by atoms with Gasteiger partial charge in [-0.2, -0.15) is 5.26 Å². The van der Waals surface area contributed by atoms with Gasteiger partial charge in [-0.1, -0.05) is 37.1 Å². The maximum absolute atomic E-state index is 9.25. The van der Waals surface area contributed by atoms with E-state index in [0.717, 1.165) is 25.1 Å². The van der Waals surface area contributed by atoms with Gasteiger partial charge in [0.2, 0.25) is 0 Å². The lowest BCUT2D eigenvalue weighted by atomic mass is 10.0. The molecule has 0 saturated carbocycles. The fourth-order valence-corrected chi connectivity index (χ4v) is 2.68. The zero-order valence-corrected chi connectivity index (χ0v) is 14.5. The summed E-state index contributed by atoms with van der Waals surface area (Å²) in [6.07, 6.45) is 1.96. The Kier molecular flexibility index (Phi) is 6.04. The minimum Gasteiger partial charge on any atom is -0.456 e. The van der Waals surface area contributed by atoms with Crippen LogP contribution >= 0.6 is 11.6 Å². The quantitative estimate of drug-likeness (QED) is 0.747. The molecule has 0 atom stereocenters. The van der Waals surface area contributed by atoms with Gasteiger partial charge in [-0.25, -0.2) is 0 Å². The van der Waals surface area contributed by atoms with Crippen molar-refractivity contribution in [3.05, 3.63) is 58.1 Å². The van der Waals surface area contributed by atoms with E-state index in [-0.39, 0.29) is 0 Å². The first-order chi connectivity index (χ1) is 11.0. The molecule has 23 heavy (non-hydrogen) atoms. The normalized spacial score (nSPS) is 10.6. The minimum atomic E-state index is 0.481. The van der Waals surface area contributed by atoms with Gasteiger partial charge in [-0.05, 0) is 49.8 Å². The van der Waals surface area contributed by atoms with Crippen LogP contribution < -0.4 is 4.74 Å². The predicted molar refractivity (Wildman–Crippen MR) is 94.1 cm³/mol. The molecule has 4 heteroatoms. The highest BCUT2D eigenvalue weighted by Gasteiger charge is 2.13. The van der Waals surface area contributed by atoms with Crippen LogP contribution in [-0.4, -0.2) is 19.0 Å². The van der Waals surface area contributed by atoms with E-state index in [0.29, 0.717) is 16.3 Å². The van der Waals surface area contributed by atoms with Crippen molar-refractivity contribution in [2.45, 2.75) is 26.3 Å². The Hall–Kier alpha value is -2.02. The first-order valence-electron chi connectivity index (χ1n) is 7.68. The lowest BCUT2D eigenvalue weighted by Crippen LogP contribution is -2.12. The maximum Gasteiger partial charge on any atom is 0.146 e. The third-order valence-electron chi connectivity index (χ3n) is 3.50. The molecule has 0 spiro atoms. The number of hydrogen-bond acceptors (Lipinski definition) is 3. The summed E-state index contributed by atoms with van der Waals surface area (Å²) in [6, 6.07) is 13.3. The van der Waals surface area contributed by atoms with Gasteiger partial charge in [0.05, 0.1) is 5.56 Å². The van der Waals surface area contributed by atoms with Crippen LogP contribution in [0.25, 0.3) is 0 Å². The van der Waals surface area contributed by atoms with Gasteiger partial charge in [-0.3, -0.25) is 0 Å². The zero-order valence-electron chi connectivity index (χ0n) is 13.8. The topological polar surface area (TPSA) is 36.3 Å². The van der Waals surface area contributed by atoms with Gasteiger partial charge in [0, 0.05) is 17.6 Å². The molecule has 0 aromatic heterocycles. The molecule has 0 aliphatic heterocycles. The van der Waals surface area contributed by atoms with Crippen LogP contribution in [0.3, 0.4) is 0 Å². The summed E-state index contributed by atoms with van der Waals surface area (Å²) in [5, 5.41) is 9.81. The highest BCUT2D eigenvalue weighted by atomic mass is 35.5. The predicted octanol–water partition coefficient (Wildman–Crippen LogP) is 5.02. The van der Waals surface area contributed by atoms with Gasteiger partial charge in [0.1, 0.15) is 17.6 Å². The molecule has 0 unspecified atom stereocenters. The minimum absolute atomic E-state index is 0.481. The third-order valence-corrected chi connectivity index (χ3v) is 3.74. The molecular weight excluding hydrogens is 308 g/mol. The smallest absolute Gasteiger partial charge is 0.146 e. The van der Waals surface area contributed by atoms with Crippen molar-refractivity contribution in [3.63, 3.8) is 0 Å². The summed E-state index contributed by atoms with van der Waals surface area (Å²) < 4.78 is 6.06. The first-order valence-corrected chi connectivity index (χ1v) is 8.06. The molecule has 0 bridgehead atoms. The summed E-state index contributed by atoms with van der Waals surface area (Å²) in [6.45, 7) is 3.00. The Morgan fingerprint density at radius 1 is 1.17 bits per heavy atom. The van der Waals surface area contributed by atoms with Crippen molar-refractivity contribution in [2.24, 2.45) is 0 Å². The number of rotatable bonds is 6. The average molecular weight is 329 g/mol. The van der Waals surface area contributed by atoms with Gasteiger partial charge < -0.3 is 9.64 Å². The highest BCUT2D eigenvalue weighted by molar-refractivity contribution is 6.30. The Bertz CT molecular complexity index is 720. The lowest BCUT2D eigenvalue weighted by molar-refractivity contribution is 0.398. The number of nitrogens with zero attached hydrogens (tertiary/aromatic N) is 2. The molecular formula is C19H21ClN2O. The summed E-state index contributed by atoms with van der Waals surface area (Å²) in [4.78, 5) is 2.14. The number of hydrogen-bond donors (Lipinski definition) is 0. The van der Waals surface area contributed by atoms with E-state index >= 15 is 0 Å². The highest BCUT2D eigenvalue weighted by Crippen LogP contribution is 2.32. The SMILES string of the molecule is CCCc1c(CN(C)C)cccc1Oc1cc(Cl)ccc1C#N. The van der Waals surface area contributed by atoms with Gasteiger partial charge >= 0.3 is 0 Å². The van der Waals surface area contributed by atoms with Crippen LogP contribution in [-0.2, 0) is 13.0 Å². The summed E-state index contributed by atoms with van der Waals surface area (Å²) in [5.41, 5.74) is 2.91. The Morgan fingerprint density at radius 2 is 1.96 bits per heavy atom. The monoisotopic (exact) mass is 328 g/mol. The maximum atomic E-state index is 9.25. The number of nitriles is 1. The Balaban J connectivity index is 2.43. The van der Waals surface area contributed by atoms with Gasteiger partial charge in [-0.15, -0.1) is 0 Å². The van der Waals surface area contributed by atoms with E-state index in [4.69, 9.17) is 16.3 Å². The van der Waals surface area contributed by atoms with Crippen molar-refractivity contribution in [1.29, 1.82) is 5.26 Å². The Labute approximate surface area is 143 Å². The molecule has 3 nitrogen and oxygen atoms in total. The molecule has 0 aliphatic carbocycles. The molecule has 0 amide bonds. The first kappa shape index (κ1) is 17.3. The zero-order chi connectivity index (χ0) is 16.8. The lowest BCUT2D eigenvalue weighted by Gasteiger charge is -2.18. The molecule has 2 aromatic carbocycles. The molecule has 0 radical (unpaired) electrons. The molecule has 0 heterocycles. The van der Waals surface area contributed by atoms with E-state index < -0.39 is 0 Å². The molecule has 0 fully saturated rings. The largest absolute Gasteiger partial charge is 0.456 e. The fraction of sp³-hybridized carbons (Fsp3) is 0.316. The van der Waals surface area contributed by atoms with E-state index in [2.05, 4.69) is 24.0 Å².